The van der Waals surface area contributed by atoms with Crippen molar-refractivity contribution in [2.75, 3.05) is 5.88 Å². The van der Waals surface area contributed by atoms with Crippen molar-refractivity contribution in [2.24, 2.45) is 5.73 Å². The summed E-state index contributed by atoms with van der Waals surface area (Å²) < 4.78 is 9.74. The Kier molecular flexibility index (Phi) is 6.23. The molecule has 0 aromatic carbocycles. The second-order valence-electron chi connectivity index (χ2n) is 2.63. The number of carbonyl (C=O) groups is 2. The zero-order valence-corrected chi connectivity index (χ0v) is 8.91. The molecular weight excluding hydrogens is 210 g/mol. The van der Waals surface area contributed by atoms with Gasteiger partial charge in [-0.15, -0.1) is 11.6 Å². The molecule has 0 spiro atoms. The van der Waals surface area contributed by atoms with Crippen LogP contribution in [0.15, 0.2) is 0 Å². The molecule has 82 valence electrons. The molecule has 14 heavy (non-hydrogen) atoms. The zero-order valence-electron chi connectivity index (χ0n) is 8.16. The lowest BCUT2D eigenvalue weighted by molar-refractivity contribution is -0.185. The van der Waals surface area contributed by atoms with Gasteiger partial charge in [-0.1, -0.05) is 6.92 Å². The van der Waals surface area contributed by atoms with Crippen molar-refractivity contribution in [3.05, 3.63) is 0 Å². The highest BCUT2D eigenvalue weighted by atomic mass is 35.5. The fourth-order valence-corrected chi connectivity index (χ4v) is 0.903. The Labute approximate surface area is 87.5 Å². The molecule has 2 unspecified atom stereocenters. The van der Waals surface area contributed by atoms with Crippen molar-refractivity contribution < 1.29 is 19.1 Å². The maximum Gasteiger partial charge on any atom is 0.323 e. The van der Waals surface area contributed by atoms with Crippen LogP contribution in [-0.4, -0.2) is 30.2 Å². The number of rotatable bonds is 6. The predicted octanol–water partition coefficient (Wildman–Crippen LogP) is 0.395. The minimum Gasteiger partial charge on any atom is -0.435 e. The minimum atomic E-state index is -0.821. The first kappa shape index (κ1) is 13.2. The third-order valence-electron chi connectivity index (χ3n) is 1.45. The molecule has 0 rings (SSSR count). The summed E-state index contributed by atoms with van der Waals surface area (Å²) in [5.74, 6) is -1.43. The summed E-state index contributed by atoms with van der Waals surface area (Å²) in [5.41, 5.74) is 5.03. The van der Waals surface area contributed by atoms with Gasteiger partial charge in [0.05, 0.1) is 0 Å². The quantitative estimate of drug-likeness (QED) is 0.402. The smallest absolute Gasteiger partial charge is 0.323 e. The molecule has 0 aliphatic heterocycles. The van der Waals surface area contributed by atoms with Gasteiger partial charge in [-0.2, -0.15) is 0 Å². The topological polar surface area (TPSA) is 78.6 Å². The van der Waals surface area contributed by atoms with Crippen LogP contribution in [0.3, 0.4) is 0 Å². The number of hydrogen-bond donors (Lipinski definition) is 1. The molecule has 0 aromatic rings. The van der Waals surface area contributed by atoms with Crippen LogP contribution < -0.4 is 5.73 Å². The third kappa shape index (κ3) is 5.04. The molecule has 0 aliphatic rings. The largest absolute Gasteiger partial charge is 0.435 e. The number of amides is 1. The summed E-state index contributed by atoms with van der Waals surface area (Å²) in [4.78, 5) is 21.5. The van der Waals surface area contributed by atoms with Crippen molar-refractivity contribution in [1.29, 1.82) is 0 Å². The zero-order chi connectivity index (χ0) is 11.1. The van der Waals surface area contributed by atoms with E-state index < -0.39 is 24.3 Å². The Morgan fingerprint density at radius 1 is 1.50 bits per heavy atom. The van der Waals surface area contributed by atoms with Crippen molar-refractivity contribution in [1.82, 2.24) is 0 Å². The summed E-state index contributed by atoms with van der Waals surface area (Å²) in [6.45, 7) is 3.24. The van der Waals surface area contributed by atoms with Crippen LogP contribution in [0.2, 0.25) is 0 Å². The van der Waals surface area contributed by atoms with E-state index in [-0.39, 0.29) is 5.88 Å². The highest BCUT2D eigenvalue weighted by Crippen LogP contribution is 2.04. The third-order valence-corrected chi connectivity index (χ3v) is 1.67. The van der Waals surface area contributed by atoms with Crippen molar-refractivity contribution in [3.63, 3.8) is 0 Å². The van der Waals surface area contributed by atoms with E-state index in [4.69, 9.17) is 22.1 Å². The van der Waals surface area contributed by atoms with Gasteiger partial charge >= 0.3 is 5.97 Å². The van der Waals surface area contributed by atoms with E-state index in [2.05, 4.69) is 4.74 Å². The van der Waals surface area contributed by atoms with E-state index in [1.54, 1.807) is 6.92 Å². The van der Waals surface area contributed by atoms with Gasteiger partial charge in [0.15, 0.2) is 0 Å². The second-order valence-corrected chi connectivity index (χ2v) is 2.89. The number of ether oxygens (including phenoxy) is 2. The maximum atomic E-state index is 10.8. The summed E-state index contributed by atoms with van der Waals surface area (Å²) >= 11 is 5.21. The summed E-state index contributed by atoms with van der Waals surface area (Å²) in [6, 6.07) is 0. The summed E-state index contributed by atoms with van der Waals surface area (Å²) in [6.07, 6.45) is -1.13. The number of alkyl halides is 1. The first-order valence-electron chi connectivity index (χ1n) is 4.21. The molecule has 0 bridgehead atoms. The van der Waals surface area contributed by atoms with Gasteiger partial charge in [-0.25, -0.2) is 0 Å². The maximum absolute atomic E-state index is 10.8. The van der Waals surface area contributed by atoms with Gasteiger partial charge in [-0.3, -0.25) is 9.59 Å². The molecule has 2 N–H and O–H groups in total. The van der Waals surface area contributed by atoms with Crippen molar-refractivity contribution >= 4 is 23.5 Å². The Hall–Kier alpha value is -0.810. The average Bonchev–Trinajstić information content (AvgIpc) is 2.13. The Morgan fingerprint density at radius 2 is 2.07 bits per heavy atom. The number of nitrogens with two attached hydrogens (primary N) is 1. The molecule has 2 atom stereocenters. The lowest BCUT2D eigenvalue weighted by atomic mass is 10.3. The molecule has 0 saturated carbocycles. The molecular formula is C8H14ClNO4. The standard InChI is InChI=1S/C8H14ClNO4/c1-3-6(8(10)12)13-5(2)14-7(11)4-9/h5-6H,3-4H2,1-2H3,(H2,10,12). The number of esters is 1. The molecule has 1 amide bonds. The number of primary amides is 1. The fraction of sp³-hybridized carbons (Fsp3) is 0.750. The number of carbonyl (C=O) groups excluding carboxylic acids is 2. The van der Waals surface area contributed by atoms with Gasteiger partial charge in [0.25, 0.3) is 0 Å². The monoisotopic (exact) mass is 223 g/mol. The van der Waals surface area contributed by atoms with E-state index in [0.29, 0.717) is 6.42 Å². The highest BCUT2D eigenvalue weighted by Gasteiger charge is 2.18. The van der Waals surface area contributed by atoms with Crippen LogP contribution in [-0.2, 0) is 19.1 Å². The van der Waals surface area contributed by atoms with Gasteiger partial charge < -0.3 is 15.2 Å². The molecule has 0 aliphatic carbocycles. The first-order chi connectivity index (χ1) is 6.51. The first-order valence-corrected chi connectivity index (χ1v) is 4.74. The fourth-order valence-electron chi connectivity index (χ4n) is 0.840. The van der Waals surface area contributed by atoms with Gasteiger partial charge in [0, 0.05) is 0 Å². The minimum absolute atomic E-state index is 0.249. The van der Waals surface area contributed by atoms with E-state index in [9.17, 15) is 9.59 Å². The van der Waals surface area contributed by atoms with Crippen LogP contribution in [0.4, 0.5) is 0 Å². The molecule has 0 saturated heterocycles. The Morgan fingerprint density at radius 3 is 2.43 bits per heavy atom. The predicted molar refractivity (Wildman–Crippen MR) is 50.6 cm³/mol. The van der Waals surface area contributed by atoms with Crippen LogP contribution in [0.25, 0.3) is 0 Å². The molecule has 0 fully saturated rings. The second kappa shape index (κ2) is 6.62. The normalized spacial score (nSPS) is 14.5. The van der Waals surface area contributed by atoms with E-state index in [1.165, 1.54) is 6.92 Å². The summed E-state index contributed by atoms with van der Waals surface area (Å²) in [5, 5.41) is 0. The van der Waals surface area contributed by atoms with Crippen LogP contribution in [0.5, 0.6) is 0 Å². The molecule has 0 aromatic heterocycles. The Balaban J connectivity index is 3.96. The van der Waals surface area contributed by atoms with Gasteiger partial charge in [0.2, 0.25) is 12.2 Å². The number of halogens is 1. The van der Waals surface area contributed by atoms with Crippen LogP contribution in [0, 0.1) is 0 Å². The van der Waals surface area contributed by atoms with Crippen LogP contribution >= 0.6 is 11.6 Å². The molecule has 6 heteroatoms. The lowest BCUT2D eigenvalue weighted by Crippen LogP contribution is -2.35. The number of hydrogen-bond acceptors (Lipinski definition) is 4. The molecule has 0 radical (unpaired) electrons. The van der Waals surface area contributed by atoms with Gasteiger partial charge in [-0.05, 0) is 13.3 Å². The molecule has 0 heterocycles. The molecule has 5 nitrogen and oxygen atoms in total. The summed E-state index contributed by atoms with van der Waals surface area (Å²) in [7, 11) is 0. The van der Waals surface area contributed by atoms with Crippen LogP contribution in [0.1, 0.15) is 20.3 Å². The highest BCUT2D eigenvalue weighted by molar-refractivity contribution is 6.26. The Bertz CT molecular complexity index is 210. The van der Waals surface area contributed by atoms with E-state index >= 15 is 0 Å². The SMILES string of the molecule is CCC(OC(C)OC(=O)CCl)C(N)=O. The van der Waals surface area contributed by atoms with E-state index in [0.717, 1.165) is 0 Å². The van der Waals surface area contributed by atoms with Crippen molar-refractivity contribution in [2.45, 2.75) is 32.7 Å². The van der Waals surface area contributed by atoms with E-state index in [1.807, 2.05) is 0 Å². The lowest BCUT2D eigenvalue weighted by Gasteiger charge is -2.18. The average molecular weight is 224 g/mol. The van der Waals surface area contributed by atoms with Gasteiger partial charge in [0.1, 0.15) is 12.0 Å². The van der Waals surface area contributed by atoms with Crippen molar-refractivity contribution in [3.8, 4) is 0 Å².